The molecule has 1 heterocycles. The quantitative estimate of drug-likeness (QED) is 0.632. The van der Waals surface area contributed by atoms with E-state index in [-0.39, 0.29) is 0 Å². The molecule has 1 aliphatic heterocycles. The molecule has 1 aromatic rings. The van der Waals surface area contributed by atoms with E-state index in [1.807, 2.05) is 17.0 Å². The minimum atomic E-state index is -0.462. The Kier molecular flexibility index (Phi) is 2.96. The van der Waals surface area contributed by atoms with Crippen LogP contribution < -0.4 is 10.2 Å². The van der Waals surface area contributed by atoms with Crippen molar-refractivity contribution in [1.82, 2.24) is 5.32 Å². The summed E-state index contributed by atoms with van der Waals surface area (Å²) in [6.45, 7) is 1.41. The van der Waals surface area contributed by atoms with Gasteiger partial charge in [0.2, 0.25) is 0 Å². The Morgan fingerprint density at radius 3 is 2.75 bits per heavy atom. The molecular formula is C10H10ClN3O2. The third-order valence-electron chi connectivity index (χ3n) is 2.30. The van der Waals surface area contributed by atoms with Crippen molar-refractivity contribution in [3.63, 3.8) is 0 Å². The largest absolute Gasteiger partial charge is 0.365 e. The molecule has 0 amide bonds. The average molecular weight is 240 g/mol. The van der Waals surface area contributed by atoms with Gasteiger partial charge in [-0.1, -0.05) is 11.6 Å². The molecule has 0 saturated carbocycles. The summed E-state index contributed by atoms with van der Waals surface area (Å²) in [4.78, 5) is 11.8. The molecule has 16 heavy (non-hydrogen) atoms. The molecule has 0 spiro atoms. The summed E-state index contributed by atoms with van der Waals surface area (Å²) in [5, 5.41) is 14.0. The number of hydrogen-bond donors (Lipinski definition) is 1. The van der Waals surface area contributed by atoms with Gasteiger partial charge < -0.3 is 10.2 Å². The molecule has 1 N–H and O–H groups in total. The molecule has 1 aliphatic rings. The monoisotopic (exact) mass is 239 g/mol. The lowest BCUT2D eigenvalue weighted by Crippen LogP contribution is -2.19. The standard InChI is InChI=1S/C10H10ClN3O2/c11-8-1-3-9(4-2-8)13-6-5-12-10(13)7-14(15)16/h1-4,7,12H,5-6H2. The molecule has 1 saturated heterocycles. The second kappa shape index (κ2) is 4.40. The molecule has 2 rings (SSSR count). The maximum Gasteiger partial charge on any atom is 0.274 e. The Balaban J connectivity index is 2.26. The SMILES string of the molecule is O=[N+]([O-])C=C1NCCN1c1ccc(Cl)cc1. The summed E-state index contributed by atoms with van der Waals surface area (Å²) in [5.74, 6) is 0.507. The van der Waals surface area contributed by atoms with Gasteiger partial charge in [-0.3, -0.25) is 10.1 Å². The molecule has 5 nitrogen and oxygen atoms in total. The number of halogens is 1. The molecule has 84 valence electrons. The maximum atomic E-state index is 10.4. The van der Waals surface area contributed by atoms with Crippen LogP contribution in [0.1, 0.15) is 0 Å². The maximum absolute atomic E-state index is 10.4. The van der Waals surface area contributed by atoms with Gasteiger partial charge in [-0.25, -0.2) is 0 Å². The number of rotatable bonds is 2. The smallest absolute Gasteiger partial charge is 0.274 e. The average Bonchev–Trinajstić information content (AvgIpc) is 2.66. The van der Waals surface area contributed by atoms with Crippen LogP contribution in [-0.4, -0.2) is 18.0 Å². The molecule has 1 aromatic carbocycles. The van der Waals surface area contributed by atoms with Gasteiger partial charge in [0.25, 0.3) is 6.20 Å². The van der Waals surface area contributed by atoms with Crippen molar-refractivity contribution < 1.29 is 4.92 Å². The zero-order valence-corrected chi connectivity index (χ0v) is 9.15. The lowest BCUT2D eigenvalue weighted by Gasteiger charge is -2.16. The van der Waals surface area contributed by atoms with E-state index < -0.39 is 4.92 Å². The summed E-state index contributed by atoms with van der Waals surface area (Å²) in [6, 6.07) is 7.20. The highest BCUT2D eigenvalue weighted by Gasteiger charge is 2.20. The van der Waals surface area contributed by atoms with E-state index in [1.54, 1.807) is 12.1 Å². The molecule has 0 atom stereocenters. The zero-order valence-electron chi connectivity index (χ0n) is 8.39. The second-order valence-corrected chi connectivity index (χ2v) is 3.79. The Morgan fingerprint density at radius 1 is 1.44 bits per heavy atom. The first kappa shape index (κ1) is 10.8. The molecule has 0 unspecified atom stereocenters. The molecule has 6 heteroatoms. The molecular weight excluding hydrogens is 230 g/mol. The van der Waals surface area contributed by atoms with Crippen molar-refractivity contribution in [1.29, 1.82) is 0 Å². The summed E-state index contributed by atoms with van der Waals surface area (Å²) in [5.41, 5.74) is 0.891. The molecule has 1 fully saturated rings. The van der Waals surface area contributed by atoms with Gasteiger partial charge in [0.1, 0.15) is 0 Å². The molecule has 0 aliphatic carbocycles. The van der Waals surface area contributed by atoms with E-state index in [0.717, 1.165) is 11.9 Å². The minimum Gasteiger partial charge on any atom is -0.365 e. The van der Waals surface area contributed by atoms with Gasteiger partial charge in [-0.05, 0) is 24.3 Å². The summed E-state index contributed by atoms with van der Waals surface area (Å²) >= 11 is 5.78. The van der Waals surface area contributed by atoms with Gasteiger partial charge in [0.05, 0.1) is 4.92 Å². The van der Waals surface area contributed by atoms with Gasteiger partial charge in [0, 0.05) is 23.8 Å². The van der Waals surface area contributed by atoms with Crippen molar-refractivity contribution in [2.24, 2.45) is 0 Å². The third kappa shape index (κ3) is 2.25. The third-order valence-corrected chi connectivity index (χ3v) is 2.55. The number of nitrogens with zero attached hydrogens (tertiary/aromatic N) is 2. The van der Waals surface area contributed by atoms with Crippen LogP contribution in [0.25, 0.3) is 0 Å². The molecule has 0 aromatic heterocycles. The summed E-state index contributed by atoms with van der Waals surface area (Å²) < 4.78 is 0. The van der Waals surface area contributed by atoms with Gasteiger partial charge >= 0.3 is 0 Å². The highest BCUT2D eigenvalue weighted by molar-refractivity contribution is 6.30. The van der Waals surface area contributed by atoms with E-state index in [2.05, 4.69) is 5.32 Å². The summed E-state index contributed by atoms with van der Waals surface area (Å²) in [7, 11) is 0. The number of nitrogens with one attached hydrogen (secondary N) is 1. The first-order valence-electron chi connectivity index (χ1n) is 4.79. The zero-order chi connectivity index (χ0) is 11.5. The highest BCUT2D eigenvalue weighted by Crippen LogP contribution is 2.22. The van der Waals surface area contributed by atoms with Crippen molar-refractivity contribution >= 4 is 17.3 Å². The van der Waals surface area contributed by atoms with Crippen LogP contribution in [-0.2, 0) is 0 Å². The predicted molar refractivity (Wildman–Crippen MR) is 61.9 cm³/mol. The normalized spacial score (nSPS) is 17.6. The molecule has 0 radical (unpaired) electrons. The van der Waals surface area contributed by atoms with E-state index in [0.29, 0.717) is 23.9 Å². The fourth-order valence-electron chi connectivity index (χ4n) is 1.62. The second-order valence-electron chi connectivity index (χ2n) is 3.35. The number of hydrogen-bond acceptors (Lipinski definition) is 4. The minimum absolute atomic E-state index is 0.462. The first-order chi connectivity index (χ1) is 7.66. The van der Waals surface area contributed by atoms with E-state index in [1.165, 1.54) is 0 Å². The predicted octanol–water partition coefficient (Wildman–Crippen LogP) is 1.83. The van der Waals surface area contributed by atoms with Crippen molar-refractivity contribution in [3.05, 3.63) is 51.4 Å². The van der Waals surface area contributed by atoms with Crippen molar-refractivity contribution in [3.8, 4) is 0 Å². The highest BCUT2D eigenvalue weighted by atomic mass is 35.5. The topological polar surface area (TPSA) is 58.4 Å². The van der Waals surface area contributed by atoms with Crippen molar-refractivity contribution in [2.75, 3.05) is 18.0 Å². The van der Waals surface area contributed by atoms with Gasteiger partial charge in [-0.15, -0.1) is 0 Å². The van der Waals surface area contributed by atoms with E-state index >= 15 is 0 Å². The Bertz CT molecular complexity index is 430. The van der Waals surface area contributed by atoms with Crippen LogP contribution in [0.2, 0.25) is 5.02 Å². The van der Waals surface area contributed by atoms with Crippen molar-refractivity contribution in [2.45, 2.75) is 0 Å². The summed E-state index contributed by atoms with van der Waals surface area (Å²) in [6.07, 6.45) is 0.974. The van der Waals surface area contributed by atoms with Crippen LogP contribution in [0, 0.1) is 10.1 Å². The van der Waals surface area contributed by atoms with Gasteiger partial charge in [-0.2, -0.15) is 0 Å². The first-order valence-corrected chi connectivity index (χ1v) is 5.17. The van der Waals surface area contributed by atoms with Gasteiger partial charge in [0.15, 0.2) is 5.82 Å². The molecule has 0 bridgehead atoms. The fraction of sp³-hybridized carbons (Fsp3) is 0.200. The Hall–Kier alpha value is -1.75. The van der Waals surface area contributed by atoms with Crippen LogP contribution in [0.4, 0.5) is 5.69 Å². The van der Waals surface area contributed by atoms with Crippen LogP contribution in [0.3, 0.4) is 0 Å². The van der Waals surface area contributed by atoms with Crippen LogP contribution in [0.15, 0.2) is 36.3 Å². The van der Waals surface area contributed by atoms with Crippen LogP contribution in [0.5, 0.6) is 0 Å². The Labute approximate surface area is 97.5 Å². The van der Waals surface area contributed by atoms with Crippen LogP contribution >= 0.6 is 11.6 Å². The number of anilines is 1. The number of nitro groups is 1. The lowest BCUT2D eigenvalue weighted by molar-refractivity contribution is -0.403. The lowest BCUT2D eigenvalue weighted by atomic mass is 10.3. The van der Waals surface area contributed by atoms with E-state index in [4.69, 9.17) is 11.6 Å². The number of benzene rings is 1. The van der Waals surface area contributed by atoms with E-state index in [9.17, 15) is 10.1 Å². The fourth-order valence-corrected chi connectivity index (χ4v) is 1.74. The Morgan fingerprint density at radius 2 is 2.12 bits per heavy atom.